The van der Waals surface area contributed by atoms with E-state index in [1.807, 2.05) is 0 Å². The van der Waals surface area contributed by atoms with Crippen molar-refractivity contribution in [2.45, 2.75) is 63.0 Å². The molecule has 5 atom stereocenters. The minimum atomic E-state index is -4.12. The van der Waals surface area contributed by atoms with Crippen LogP contribution in [0.2, 0.25) is 0 Å². The van der Waals surface area contributed by atoms with Crippen molar-refractivity contribution in [2.24, 2.45) is 11.7 Å². The molecular formula is C12H22F3N3. The molecule has 2 heterocycles. The lowest BCUT2D eigenvalue weighted by Gasteiger charge is -2.42. The fraction of sp³-hybridized carbons (Fsp3) is 1.00. The van der Waals surface area contributed by atoms with Crippen LogP contribution < -0.4 is 16.4 Å². The highest BCUT2D eigenvalue weighted by molar-refractivity contribution is 4.96. The first kappa shape index (κ1) is 14.1. The van der Waals surface area contributed by atoms with Crippen LogP contribution in [-0.4, -0.2) is 36.9 Å². The van der Waals surface area contributed by atoms with Gasteiger partial charge >= 0.3 is 6.18 Å². The Morgan fingerprint density at radius 1 is 1.11 bits per heavy atom. The SMILES string of the molecule is CC1CCC(N)C(C2CCC(C(F)(F)F)NC2)N1. The lowest BCUT2D eigenvalue weighted by Crippen LogP contribution is -2.60. The van der Waals surface area contributed by atoms with Gasteiger partial charge in [-0.05, 0) is 38.5 Å². The second-order valence-corrected chi connectivity index (χ2v) is 5.67. The summed E-state index contributed by atoms with van der Waals surface area (Å²) in [5, 5.41) is 6.06. The summed E-state index contributed by atoms with van der Waals surface area (Å²) in [5.74, 6) is 0.210. The fourth-order valence-corrected chi connectivity index (χ4v) is 3.11. The Morgan fingerprint density at radius 3 is 2.39 bits per heavy atom. The zero-order valence-electron chi connectivity index (χ0n) is 10.6. The summed E-state index contributed by atoms with van der Waals surface area (Å²) < 4.78 is 37.6. The maximum atomic E-state index is 12.5. The summed E-state index contributed by atoms with van der Waals surface area (Å²) in [6.07, 6.45) is -1.37. The zero-order chi connectivity index (χ0) is 13.3. The highest BCUT2D eigenvalue weighted by Crippen LogP contribution is 2.30. The van der Waals surface area contributed by atoms with Crippen molar-refractivity contribution >= 4 is 0 Å². The molecule has 0 saturated carbocycles. The predicted octanol–water partition coefficient (Wildman–Crippen LogP) is 1.38. The number of alkyl halides is 3. The summed E-state index contributed by atoms with van der Waals surface area (Å²) in [4.78, 5) is 0. The third-order valence-electron chi connectivity index (χ3n) is 4.23. The minimum absolute atomic E-state index is 0.0652. The maximum absolute atomic E-state index is 12.5. The normalized spacial score (nSPS) is 42.8. The van der Waals surface area contributed by atoms with Gasteiger partial charge in [0.15, 0.2) is 0 Å². The van der Waals surface area contributed by atoms with Crippen LogP contribution in [0.15, 0.2) is 0 Å². The first-order valence-electron chi connectivity index (χ1n) is 6.69. The third kappa shape index (κ3) is 3.16. The smallest absolute Gasteiger partial charge is 0.326 e. The average Bonchev–Trinajstić information content (AvgIpc) is 2.31. The van der Waals surface area contributed by atoms with Crippen LogP contribution in [0.3, 0.4) is 0 Å². The molecule has 5 unspecified atom stereocenters. The Labute approximate surface area is 106 Å². The molecule has 2 fully saturated rings. The molecule has 4 N–H and O–H groups in total. The van der Waals surface area contributed by atoms with Gasteiger partial charge in [-0.3, -0.25) is 0 Å². The highest BCUT2D eigenvalue weighted by atomic mass is 19.4. The summed E-state index contributed by atoms with van der Waals surface area (Å²) in [6.45, 7) is 2.51. The van der Waals surface area contributed by atoms with E-state index in [1.165, 1.54) is 0 Å². The maximum Gasteiger partial charge on any atom is 0.403 e. The van der Waals surface area contributed by atoms with Crippen LogP contribution in [0.4, 0.5) is 13.2 Å². The molecule has 0 aromatic rings. The third-order valence-corrected chi connectivity index (χ3v) is 4.23. The van der Waals surface area contributed by atoms with Gasteiger partial charge in [-0.25, -0.2) is 0 Å². The molecule has 106 valence electrons. The van der Waals surface area contributed by atoms with Gasteiger partial charge in [0.1, 0.15) is 6.04 Å². The number of hydrogen-bond donors (Lipinski definition) is 3. The van der Waals surface area contributed by atoms with E-state index >= 15 is 0 Å². The molecule has 0 amide bonds. The van der Waals surface area contributed by atoms with Crippen LogP contribution in [0.1, 0.15) is 32.6 Å². The largest absolute Gasteiger partial charge is 0.403 e. The summed E-state index contributed by atoms with van der Waals surface area (Å²) in [5.41, 5.74) is 6.08. The lowest BCUT2D eigenvalue weighted by atomic mass is 9.81. The number of nitrogens with two attached hydrogens (primary N) is 1. The van der Waals surface area contributed by atoms with Crippen LogP contribution in [-0.2, 0) is 0 Å². The van der Waals surface area contributed by atoms with Crippen molar-refractivity contribution in [3.8, 4) is 0 Å². The fourth-order valence-electron chi connectivity index (χ4n) is 3.11. The Morgan fingerprint density at radius 2 is 1.83 bits per heavy atom. The van der Waals surface area contributed by atoms with Gasteiger partial charge in [0.05, 0.1) is 0 Å². The Bertz CT molecular complexity index is 274. The van der Waals surface area contributed by atoms with E-state index in [4.69, 9.17) is 5.73 Å². The Kier molecular flexibility index (Phi) is 4.18. The first-order valence-corrected chi connectivity index (χ1v) is 6.69. The predicted molar refractivity (Wildman–Crippen MR) is 64.2 cm³/mol. The van der Waals surface area contributed by atoms with Crippen molar-refractivity contribution in [1.29, 1.82) is 0 Å². The van der Waals surface area contributed by atoms with Crippen LogP contribution in [0.25, 0.3) is 0 Å². The van der Waals surface area contributed by atoms with Gasteiger partial charge in [0.25, 0.3) is 0 Å². The molecule has 0 bridgehead atoms. The number of nitrogens with one attached hydrogen (secondary N) is 2. The van der Waals surface area contributed by atoms with Crippen molar-refractivity contribution in [3.05, 3.63) is 0 Å². The second-order valence-electron chi connectivity index (χ2n) is 5.67. The molecule has 2 aliphatic rings. The van der Waals surface area contributed by atoms with Gasteiger partial charge in [0.2, 0.25) is 0 Å². The molecule has 0 aromatic heterocycles. The summed E-state index contributed by atoms with van der Waals surface area (Å²) in [6, 6.07) is -0.716. The summed E-state index contributed by atoms with van der Waals surface area (Å²) >= 11 is 0. The molecule has 3 nitrogen and oxygen atoms in total. The summed E-state index contributed by atoms with van der Waals surface area (Å²) in [7, 11) is 0. The van der Waals surface area contributed by atoms with Crippen LogP contribution >= 0.6 is 0 Å². The van der Waals surface area contributed by atoms with Crippen molar-refractivity contribution < 1.29 is 13.2 Å². The van der Waals surface area contributed by atoms with E-state index in [2.05, 4.69) is 17.6 Å². The molecule has 0 radical (unpaired) electrons. The average molecular weight is 265 g/mol. The second kappa shape index (κ2) is 5.35. The van der Waals surface area contributed by atoms with E-state index in [0.717, 1.165) is 12.8 Å². The first-order chi connectivity index (χ1) is 8.38. The number of piperidine rings is 2. The molecule has 0 aromatic carbocycles. The van der Waals surface area contributed by atoms with Gasteiger partial charge < -0.3 is 16.4 Å². The number of hydrogen-bond acceptors (Lipinski definition) is 3. The quantitative estimate of drug-likeness (QED) is 0.671. The Hall–Kier alpha value is -0.330. The van der Waals surface area contributed by atoms with E-state index in [-0.39, 0.29) is 24.4 Å². The molecule has 6 heteroatoms. The lowest BCUT2D eigenvalue weighted by molar-refractivity contribution is -0.162. The Balaban J connectivity index is 1.89. The van der Waals surface area contributed by atoms with Crippen molar-refractivity contribution in [2.75, 3.05) is 6.54 Å². The van der Waals surface area contributed by atoms with Gasteiger partial charge in [-0.2, -0.15) is 13.2 Å². The molecular weight excluding hydrogens is 243 g/mol. The molecule has 2 saturated heterocycles. The number of rotatable bonds is 1. The van der Waals surface area contributed by atoms with Crippen molar-refractivity contribution in [3.63, 3.8) is 0 Å². The molecule has 18 heavy (non-hydrogen) atoms. The topological polar surface area (TPSA) is 50.1 Å². The molecule has 2 rings (SSSR count). The van der Waals surface area contributed by atoms with Crippen molar-refractivity contribution in [1.82, 2.24) is 10.6 Å². The monoisotopic (exact) mass is 265 g/mol. The zero-order valence-corrected chi connectivity index (χ0v) is 10.6. The molecule has 0 aliphatic carbocycles. The van der Waals surface area contributed by atoms with Gasteiger partial charge in [-0.1, -0.05) is 0 Å². The highest BCUT2D eigenvalue weighted by Gasteiger charge is 2.43. The van der Waals surface area contributed by atoms with Gasteiger partial charge in [-0.15, -0.1) is 0 Å². The van der Waals surface area contributed by atoms with Crippen LogP contribution in [0, 0.1) is 5.92 Å². The minimum Gasteiger partial charge on any atom is -0.326 e. The molecule has 2 aliphatic heterocycles. The van der Waals surface area contributed by atoms with E-state index in [1.54, 1.807) is 0 Å². The standard InChI is InChI=1S/C12H22F3N3/c1-7-2-4-9(16)11(18-7)8-3-5-10(17-6-8)12(13,14)15/h7-11,17-18H,2-6,16H2,1H3. The number of halogens is 3. The van der Waals surface area contributed by atoms with E-state index < -0.39 is 12.2 Å². The van der Waals surface area contributed by atoms with E-state index in [0.29, 0.717) is 19.0 Å². The molecule has 0 spiro atoms. The van der Waals surface area contributed by atoms with E-state index in [9.17, 15) is 13.2 Å². The van der Waals surface area contributed by atoms with Crippen LogP contribution in [0.5, 0.6) is 0 Å². The van der Waals surface area contributed by atoms with Gasteiger partial charge in [0, 0.05) is 24.7 Å².